The molecule has 9 heteroatoms. The molecule has 0 saturated carbocycles. The van der Waals surface area contributed by atoms with E-state index >= 15 is 0 Å². The second-order valence-corrected chi connectivity index (χ2v) is 10.6. The van der Waals surface area contributed by atoms with Crippen molar-refractivity contribution in [3.8, 4) is 5.75 Å². The van der Waals surface area contributed by atoms with Gasteiger partial charge in [0.1, 0.15) is 5.75 Å². The molecule has 0 aromatic heterocycles. The Morgan fingerprint density at radius 1 is 1.03 bits per heavy atom. The van der Waals surface area contributed by atoms with Crippen LogP contribution in [0.3, 0.4) is 0 Å². The third-order valence-electron chi connectivity index (χ3n) is 6.39. The van der Waals surface area contributed by atoms with E-state index in [1.165, 1.54) is 4.31 Å². The molecule has 0 aliphatic carbocycles. The number of rotatable bonds is 8. The second kappa shape index (κ2) is 10.6. The van der Waals surface area contributed by atoms with Gasteiger partial charge in [0.2, 0.25) is 21.8 Å². The first-order chi connectivity index (χ1) is 16.4. The van der Waals surface area contributed by atoms with E-state index in [4.69, 9.17) is 4.74 Å². The molecule has 2 amide bonds. The van der Waals surface area contributed by atoms with E-state index in [9.17, 15) is 18.0 Å². The lowest BCUT2D eigenvalue weighted by Crippen LogP contribution is -2.42. The minimum atomic E-state index is -3.60. The first kappa shape index (κ1) is 24.2. The van der Waals surface area contributed by atoms with Crippen LogP contribution in [0.2, 0.25) is 0 Å². The van der Waals surface area contributed by atoms with Crippen LogP contribution in [-0.2, 0) is 26.2 Å². The number of hydrogen-bond acceptors (Lipinski definition) is 5. The van der Waals surface area contributed by atoms with Gasteiger partial charge in [-0.25, -0.2) is 8.42 Å². The van der Waals surface area contributed by atoms with E-state index in [0.29, 0.717) is 51.3 Å². The fourth-order valence-corrected chi connectivity index (χ4v) is 5.90. The summed E-state index contributed by atoms with van der Waals surface area (Å²) >= 11 is 0. The molecule has 0 radical (unpaired) electrons. The molecule has 182 valence electrons. The summed E-state index contributed by atoms with van der Waals surface area (Å²) in [6.07, 6.45) is 2.45. The fourth-order valence-electron chi connectivity index (χ4n) is 4.43. The van der Waals surface area contributed by atoms with Gasteiger partial charge in [-0.1, -0.05) is 12.1 Å². The zero-order chi connectivity index (χ0) is 24.1. The maximum atomic E-state index is 12.9. The first-order valence-corrected chi connectivity index (χ1v) is 13.2. The molecular weight excluding hydrogens is 454 g/mol. The van der Waals surface area contributed by atoms with Crippen molar-refractivity contribution in [2.75, 3.05) is 31.1 Å². The zero-order valence-corrected chi connectivity index (χ0v) is 20.2. The van der Waals surface area contributed by atoms with Crippen molar-refractivity contribution < 1.29 is 22.7 Å². The van der Waals surface area contributed by atoms with Crippen molar-refractivity contribution in [2.45, 2.75) is 44.0 Å². The Bertz CT molecular complexity index is 1110. The summed E-state index contributed by atoms with van der Waals surface area (Å²) in [5.41, 5.74) is 1.85. The number of nitrogens with one attached hydrogen (secondary N) is 1. The van der Waals surface area contributed by atoms with Gasteiger partial charge in [0.25, 0.3) is 0 Å². The van der Waals surface area contributed by atoms with Gasteiger partial charge < -0.3 is 15.0 Å². The summed E-state index contributed by atoms with van der Waals surface area (Å²) in [6.45, 7) is 4.17. The van der Waals surface area contributed by atoms with Crippen molar-refractivity contribution in [3.05, 3.63) is 54.1 Å². The maximum absolute atomic E-state index is 12.9. The Morgan fingerprint density at radius 2 is 1.71 bits per heavy atom. The third kappa shape index (κ3) is 5.42. The Morgan fingerprint density at radius 3 is 2.29 bits per heavy atom. The Labute approximate surface area is 200 Å². The van der Waals surface area contributed by atoms with E-state index in [0.717, 1.165) is 24.2 Å². The van der Waals surface area contributed by atoms with Crippen molar-refractivity contribution >= 4 is 27.5 Å². The Kier molecular flexibility index (Phi) is 7.53. The predicted octanol–water partition coefficient (Wildman–Crippen LogP) is 2.93. The van der Waals surface area contributed by atoms with Crippen LogP contribution in [0.25, 0.3) is 0 Å². The van der Waals surface area contributed by atoms with Gasteiger partial charge in [0, 0.05) is 44.2 Å². The van der Waals surface area contributed by atoms with E-state index < -0.39 is 10.0 Å². The van der Waals surface area contributed by atoms with Crippen LogP contribution in [0.15, 0.2) is 53.4 Å². The molecule has 2 aliphatic rings. The number of nitrogens with zero attached hydrogens (tertiary/aromatic N) is 2. The van der Waals surface area contributed by atoms with Crippen molar-refractivity contribution in [2.24, 2.45) is 5.92 Å². The zero-order valence-electron chi connectivity index (χ0n) is 19.4. The number of amides is 2. The molecule has 2 heterocycles. The van der Waals surface area contributed by atoms with Crippen molar-refractivity contribution in [1.82, 2.24) is 9.62 Å². The number of anilines is 1. The van der Waals surface area contributed by atoms with Gasteiger partial charge in [0.05, 0.1) is 11.5 Å². The monoisotopic (exact) mass is 485 g/mol. The highest BCUT2D eigenvalue weighted by Crippen LogP contribution is 2.26. The molecule has 4 rings (SSSR count). The molecule has 2 aliphatic heterocycles. The minimum Gasteiger partial charge on any atom is -0.494 e. The number of ether oxygens (including phenoxy) is 1. The molecule has 0 bridgehead atoms. The summed E-state index contributed by atoms with van der Waals surface area (Å²) in [5, 5.41) is 2.97. The smallest absolute Gasteiger partial charge is 0.243 e. The summed E-state index contributed by atoms with van der Waals surface area (Å²) in [5.74, 6) is 0.512. The minimum absolute atomic E-state index is 0.0584. The van der Waals surface area contributed by atoms with Gasteiger partial charge in [-0.3, -0.25) is 9.59 Å². The number of carbonyl (C=O) groups is 2. The van der Waals surface area contributed by atoms with Crippen LogP contribution in [0.5, 0.6) is 5.75 Å². The third-order valence-corrected chi connectivity index (χ3v) is 8.30. The quantitative estimate of drug-likeness (QED) is 0.620. The molecular formula is C25H31N3O5S. The van der Waals surface area contributed by atoms with Crippen molar-refractivity contribution in [1.29, 1.82) is 0 Å². The van der Waals surface area contributed by atoms with Crippen LogP contribution in [0, 0.1) is 5.92 Å². The van der Waals surface area contributed by atoms with E-state index in [2.05, 4.69) is 5.32 Å². The Hall–Kier alpha value is -2.91. The number of piperidine rings is 1. The topological polar surface area (TPSA) is 96.0 Å². The molecule has 2 aromatic carbocycles. The second-order valence-electron chi connectivity index (χ2n) is 8.62. The predicted molar refractivity (Wildman–Crippen MR) is 129 cm³/mol. The van der Waals surface area contributed by atoms with Crippen LogP contribution in [0.1, 0.15) is 38.2 Å². The molecule has 0 unspecified atom stereocenters. The van der Waals surface area contributed by atoms with Gasteiger partial charge >= 0.3 is 0 Å². The maximum Gasteiger partial charge on any atom is 0.243 e. The Balaban J connectivity index is 1.26. The van der Waals surface area contributed by atoms with E-state index in [1.54, 1.807) is 29.2 Å². The summed E-state index contributed by atoms with van der Waals surface area (Å²) in [7, 11) is -3.60. The number of carbonyl (C=O) groups excluding carboxylic acids is 2. The van der Waals surface area contributed by atoms with Crippen LogP contribution in [-0.4, -0.2) is 50.8 Å². The van der Waals surface area contributed by atoms with Gasteiger partial charge in [0.15, 0.2) is 0 Å². The standard InChI is InChI=1S/C25H31N3O5S/c1-2-33-22-9-11-23(12-10-22)34(31,32)27-16-13-20(14-17-27)25(30)26-18-19-5-7-21(8-6-19)28-15-3-4-24(28)29/h5-12,20H,2-4,13-18H2,1H3,(H,26,30). The lowest BCUT2D eigenvalue weighted by atomic mass is 9.97. The van der Waals surface area contributed by atoms with Crippen molar-refractivity contribution in [3.63, 3.8) is 0 Å². The molecule has 2 aromatic rings. The largest absolute Gasteiger partial charge is 0.494 e. The highest BCUT2D eigenvalue weighted by atomic mass is 32.2. The summed E-state index contributed by atoms with van der Waals surface area (Å²) in [6, 6.07) is 14.1. The molecule has 0 spiro atoms. The molecule has 0 atom stereocenters. The average molecular weight is 486 g/mol. The summed E-state index contributed by atoms with van der Waals surface area (Å²) < 4.78 is 32.7. The molecule has 2 fully saturated rings. The number of benzene rings is 2. The van der Waals surface area contributed by atoms with Crippen LogP contribution in [0.4, 0.5) is 5.69 Å². The SMILES string of the molecule is CCOc1ccc(S(=O)(=O)N2CCC(C(=O)NCc3ccc(N4CCCC4=O)cc3)CC2)cc1. The van der Waals surface area contributed by atoms with Crippen LogP contribution >= 0.6 is 0 Å². The normalized spacial score (nSPS) is 17.7. The lowest BCUT2D eigenvalue weighted by molar-refractivity contribution is -0.126. The lowest BCUT2D eigenvalue weighted by Gasteiger charge is -2.30. The van der Waals surface area contributed by atoms with Gasteiger partial charge in [-0.05, 0) is 68.1 Å². The van der Waals surface area contributed by atoms with Crippen LogP contribution < -0.4 is 15.0 Å². The first-order valence-electron chi connectivity index (χ1n) is 11.8. The van der Waals surface area contributed by atoms with Gasteiger partial charge in [-0.2, -0.15) is 4.31 Å². The molecule has 1 N–H and O–H groups in total. The highest BCUT2D eigenvalue weighted by Gasteiger charge is 2.32. The molecule has 34 heavy (non-hydrogen) atoms. The van der Waals surface area contributed by atoms with E-state index in [1.807, 2.05) is 31.2 Å². The summed E-state index contributed by atoms with van der Waals surface area (Å²) in [4.78, 5) is 26.6. The van der Waals surface area contributed by atoms with E-state index in [-0.39, 0.29) is 22.6 Å². The number of sulfonamides is 1. The fraction of sp³-hybridized carbons (Fsp3) is 0.440. The molecule has 8 nitrogen and oxygen atoms in total. The number of hydrogen-bond donors (Lipinski definition) is 1. The van der Waals surface area contributed by atoms with Gasteiger partial charge in [-0.15, -0.1) is 0 Å². The average Bonchev–Trinajstić information content (AvgIpc) is 3.29. The highest BCUT2D eigenvalue weighted by molar-refractivity contribution is 7.89. The molecule has 2 saturated heterocycles.